The summed E-state index contributed by atoms with van der Waals surface area (Å²) in [6.45, 7) is 1.88. The fourth-order valence-corrected chi connectivity index (χ4v) is 2.96. The van der Waals surface area contributed by atoms with Gasteiger partial charge in [-0.15, -0.1) is 0 Å². The quantitative estimate of drug-likeness (QED) is 0.800. The number of methoxy groups -OCH3 is 1. The third-order valence-corrected chi connectivity index (χ3v) is 4.12. The number of fused-ring (bicyclic) bond motifs is 1. The normalized spacial score (nSPS) is 22.1. The fourth-order valence-electron chi connectivity index (χ4n) is 2.96. The van der Waals surface area contributed by atoms with Crippen molar-refractivity contribution in [2.45, 2.75) is 31.6 Å². The van der Waals surface area contributed by atoms with Crippen molar-refractivity contribution < 1.29 is 9.53 Å². The lowest BCUT2D eigenvalue weighted by Gasteiger charge is -2.36. The molecule has 1 aromatic rings. The highest BCUT2D eigenvalue weighted by atomic mass is 16.5. The molecule has 3 nitrogen and oxygen atoms in total. The van der Waals surface area contributed by atoms with Crippen LogP contribution < -0.4 is 4.74 Å². The molecule has 96 valence electrons. The van der Waals surface area contributed by atoms with Crippen LogP contribution in [0.3, 0.4) is 0 Å². The Hall–Kier alpha value is -1.51. The topological polar surface area (TPSA) is 29.5 Å². The molecule has 1 aliphatic carbocycles. The molecule has 1 unspecified atom stereocenters. The highest BCUT2D eigenvalue weighted by Crippen LogP contribution is 2.39. The summed E-state index contributed by atoms with van der Waals surface area (Å²) in [5, 5.41) is 0. The van der Waals surface area contributed by atoms with Gasteiger partial charge in [0, 0.05) is 13.1 Å². The third kappa shape index (κ3) is 1.88. The largest absolute Gasteiger partial charge is 0.497 e. The minimum atomic E-state index is 0.0770. The number of hydrogen-bond acceptors (Lipinski definition) is 2. The van der Waals surface area contributed by atoms with Gasteiger partial charge in [-0.1, -0.05) is 6.07 Å². The number of rotatable bonds is 2. The second-order valence-electron chi connectivity index (χ2n) is 5.21. The number of nitrogens with zero attached hydrogens (tertiary/aromatic N) is 1. The van der Waals surface area contributed by atoms with Crippen LogP contribution in [-0.2, 0) is 11.2 Å². The van der Waals surface area contributed by atoms with Crippen LogP contribution in [0.2, 0.25) is 0 Å². The van der Waals surface area contributed by atoms with E-state index in [4.69, 9.17) is 4.74 Å². The summed E-state index contributed by atoms with van der Waals surface area (Å²) in [5.74, 6) is 1.24. The van der Waals surface area contributed by atoms with Crippen molar-refractivity contribution in [3.63, 3.8) is 0 Å². The molecule has 1 fully saturated rings. The van der Waals surface area contributed by atoms with Gasteiger partial charge in [0.1, 0.15) is 5.75 Å². The molecule has 0 spiro atoms. The van der Waals surface area contributed by atoms with Crippen molar-refractivity contribution in [2.75, 3.05) is 20.2 Å². The molecule has 1 amide bonds. The number of carbonyl (C=O) groups is 1. The monoisotopic (exact) mass is 245 g/mol. The number of benzene rings is 1. The number of ether oxygens (including phenoxy) is 1. The van der Waals surface area contributed by atoms with Crippen molar-refractivity contribution in [3.8, 4) is 5.75 Å². The van der Waals surface area contributed by atoms with E-state index in [2.05, 4.69) is 6.07 Å². The Morgan fingerprint density at radius 3 is 2.78 bits per heavy atom. The Bertz CT molecular complexity index is 464. The molecule has 1 aromatic carbocycles. The van der Waals surface area contributed by atoms with Gasteiger partial charge in [-0.25, -0.2) is 0 Å². The number of piperidine rings is 1. The highest BCUT2D eigenvalue weighted by Gasteiger charge is 2.35. The molecule has 0 bridgehead atoms. The zero-order valence-corrected chi connectivity index (χ0v) is 10.8. The standard InChI is InChI=1S/C15H19NO2/c1-18-12-6-5-11-9-14(13(11)10-12)15(17)16-7-3-2-4-8-16/h5-6,10,14H,2-4,7-9H2,1H3. The molecule has 3 rings (SSSR count). The van der Waals surface area contributed by atoms with Crippen LogP contribution in [-0.4, -0.2) is 31.0 Å². The second-order valence-corrected chi connectivity index (χ2v) is 5.21. The van der Waals surface area contributed by atoms with E-state index in [1.54, 1.807) is 7.11 Å². The highest BCUT2D eigenvalue weighted by molar-refractivity contribution is 5.87. The van der Waals surface area contributed by atoms with Crippen LogP contribution in [0.5, 0.6) is 5.75 Å². The van der Waals surface area contributed by atoms with E-state index in [1.807, 2.05) is 17.0 Å². The molecule has 2 aliphatic rings. The third-order valence-electron chi connectivity index (χ3n) is 4.12. The summed E-state index contributed by atoms with van der Waals surface area (Å²) in [6, 6.07) is 6.07. The van der Waals surface area contributed by atoms with Gasteiger partial charge in [0.15, 0.2) is 0 Å². The van der Waals surface area contributed by atoms with Crippen molar-refractivity contribution >= 4 is 5.91 Å². The first-order chi connectivity index (χ1) is 8.79. The van der Waals surface area contributed by atoms with Gasteiger partial charge >= 0.3 is 0 Å². The average Bonchev–Trinajstić information content (AvgIpc) is 2.41. The van der Waals surface area contributed by atoms with Crippen molar-refractivity contribution in [1.29, 1.82) is 0 Å². The summed E-state index contributed by atoms with van der Waals surface area (Å²) < 4.78 is 5.23. The zero-order chi connectivity index (χ0) is 12.5. The van der Waals surface area contributed by atoms with Crippen molar-refractivity contribution in [1.82, 2.24) is 4.90 Å². The van der Waals surface area contributed by atoms with E-state index in [1.165, 1.54) is 17.5 Å². The van der Waals surface area contributed by atoms with Gasteiger partial charge < -0.3 is 9.64 Å². The molecule has 1 saturated heterocycles. The van der Waals surface area contributed by atoms with E-state index in [-0.39, 0.29) is 5.92 Å². The Morgan fingerprint density at radius 1 is 1.28 bits per heavy atom. The minimum absolute atomic E-state index is 0.0770. The molecule has 0 aromatic heterocycles. The predicted octanol–water partition coefficient (Wildman–Crippen LogP) is 2.35. The maximum atomic E-state index is 12.4. The Balaban J connectivity index is 1.76. The average molecular weight is 245 g/mol. The van der Waals surface area contributed by atoms with Gasteiger partial charge in [0.25, 0.3) is 0 Å². The minimum Gasteiger partial charge on any atom is -0.497 e. The molecule has 0 N–H and O–H groups in total. The van der Waals surface area contributed by atoms with Gasteiger partial charge in [-0.3, -0.25) is 4.79 Å². The Morgan fingerprint density at radius 2 is 2.06 bits per heavy atom. The first-order valence-corrected chi connectivity index (χ1v) is 6.75. The second kappa shape index (κ2) is 4.63. The van der Waals surface area contributed by atoms with Gasteiger partial charge in [-0.2, -0.15) is 0 Å². The molecule has 1 atom stereocenters. The Kier molecular flexibility index (Phi) is 2.98. The lowest BCUT2D eigenvalue weighted by Crippen LogP contribution is -2.42. The van der Waals surface area contributed by atoms with E-state index in [0.29, 0.717) is 5.91 Å². The van der Waals surface area contributed by atoms with E-state index < -0.39 is 0 Å². The van der Waals surface area contributed by atoms with Gasteiger partial charge in [0.05, 0.1) is 13.0 Å². The molecular formula is C15H19NO2. The first kappa shape index (κ1) is 11.6. The molecule has 1 aliphatic heterocycles. The number of hydrogen-bond donors (Lipinski definition) is 0. The van der Waals surface area contributed by atoms with Gasteiger partial charge in [-0.05, 0) is 48.9 Å². The first-order valence-electron chi connectivity index (χ1n) is 6.75. The van der Waals surface area contributed by atoms with Crippen molar-refractivity contribution in [2.24, 2.45) is 0 Å². The maximum Gasteiger partial charge on any atom is 0.230 e. The number of amides is 1. The number of likely N-dealkylation sites (tertiary alicyclic amines) is 1. The number of carbonyl (C=O) groups excluding carboxylic acids is 1. The van der Waals surface area contributed by atoms with Crippen LogP contribution in [0.25, 0.3) is 0 Å². The summed E-state index contributed by atoms with van der Waals surface area (Å²) in [7, 11) is 1.67. The summed E-state index contributed by atoms with van der Waals surface area (Å²) in [6.07, 6.45) is 4.47. The molecule has 1 heterocycles. The molecular weight excluding hydrogens is 226 g/mol. The molecule has 18 heavy (non-hydrogen) atoms. The Labute approximate surface area is 108 Å². The van der Waals surface area contributed by atoms with Crippen LogP contribution in [0.1, 0.15) is 36.3 Å². The summed E-state index contributed by atoms with van der Waals surface area (Å²) >= 11 is 0. The smallest absolute Gasteiger partial charge is 0.230 e. The van der Waals surface area contributed by atoms with Crippen LogP contribution >= 0.6 is 0 Å². The zero-order valence-electron chi connectivity index (χ0n) is 10.8. The molecule has 3 heteroatoms. The SMILES string of the molecule is COc1ccc2c(c1)C(C(=O)N1CCCCC1)C2. The van der Waals surface area contributed by atoms with Crippen LogP contribution in [0.4, 0.5) is 0 Å². The van der Waals surface area contributed by atoms with E-state index in [9.17, 15) is 4.79 Å². The maximum absolute atomic E-state index is 12.4. The predicted molar refractivity (Wildman–Crippen MR) is 69.9 cm³/mol. The van der Waals surface area contributed by atoms with E-state index >= 15 is 0 Å². The van der Waals surface area contributed by atoms with Crippen LogP contribution in [0, 0.1) is 0 Å². The molecule has 0 radical (unpaired) electrons. The summed E-state index contributed by atoms with van der Waals surface area (Å²) in [5.41, 5.74) is 2.47. The lowest BCUT2D eigenvalue weighted by atomic mass is 9.76. The van der Waals surface area contributed by atoms with Gasteiger partial charge in [0.2, 0.25) is 5.91 Å². The molecule has 0 saturated carbocycles. The van der Waals surface area contributed by atoms with E-state index in [0.717, 1.165) is 38.1 Å². The van der Waals surface area contributed by atoms with Crippen LogP contribution in [0.15, 0.2) is 18.2 Å². The van der Waals surface area contributed by atoms with Crippen molar-refractivity contribution in [3.05, 3.63) is 29.3 Å². The fraction of sp³-hybridized carbons (Fsp3) is 0.533. The summed E-state index contributed by atoms with van der Waals surface area (Å²) in [4.78, 5) is 14.5. The lowest BCUT2D eigenvalue weighted by molar-refractivity contribution is -0.134.